The van der Waals surface area contributed by atoms with Gasteiger partial charge in [0, 0.05) is 43.4 Å². The third-order valence-corrected chi connectivity index (χ3v) is 4.32. The Kier molecular flexibility index (Phi) is 4.09. The molecule has 22 heavy (non-hydrogen) atoms. The fourth-order valence-corrected chi connectivity index (χ4v) is 3.05. The van der Waals surface area contributed by atoms with Crippen LogP contribution in [0.25, 0.3) is 0 Å². The van der Waals surface area contributed by atoms with Crippen LogP contribution in [0.15, 0.2) is 48.7 Å². The summed E-state index contributed by atoms with van der Waals surface area (Å²) in [5, 5.41) is 0. The van der Waals surface area contributed by atoms with Crippen molar-refractivity contribution in [2.75, 3.05) is 6.54 Å². The lowest BCUT2D eigenvalue weighted by molar-refractivity contribution is -0.134. The second kappa shape index (κ2) is 6.18. The zero-order valence-electron chi connectivity index (χ0n) is 12.7. The number of fused-ring (bicyclic) bond motifs is 1. The second-order valence-corrected chi connectivity index (χ2v) is 5.68. The van der Waals surface area contributed by atoms with E-state index in [1.54, 1.807) is 12.1 Å². The maximum absolute atomic E-state index is 12.4. The summed E-state index contributed by atoms with van der Waals surface area (Å²) in [6.07, 6.45) is 2.60. The smallest absolute Gasteiger partial charge is 0.223 e. The van der Waals surface area contributed by atoms with E-state index in [1.807, 2.05) is 42.3 Å². The largest absolute Gasteiger partial charge is 0.348 e. The molecule has 0 radical (unpaired) electrons. The average molecular weight is 296 g/mol. The molecular formula is C18H20N2O2. The van der Waals surface area contributed by atoms with E-state index in [1.165, 1.54) is 0 Å². The Morgan fingerprint density at radius 2 is 1.82 bits per heavy atom. The first kappa shape index (κ1) is 14.6. The van der Waals surface area contributed by atoms with Crippen molar-refractivity contribution in [2.24, 2.45) is 0 Å². The molecule has 4 nitrogen and oxygen atoms in total. The molecule has 2 heterocycles. The number of ketones is 1. The van der Waals surface area contributed by atoms with Gasteiger partial charge in [0.1, 0.15) is 0 Å². The highest BCUT2D eigenvalue weighted by molar-refractivity contribution is 5.97. The normalized spacial score (nSPS) is 17.1. The Morgan fingerprint density at radius 3 is 2.59 bits per heavy atom. The topological polar surface area (TPSA) is 42.3 Å². The molecule has 1 aliphatic heterocycles. The number of amides is 1. The van der Waals surface area contributed by atoms with E-state index in [-0.39, 0.29) is 30.6 Å². The molecule has 0 bridgehead atoms. The van der Waals surface area contributed by atoms with Gasteiger partial charge in [-0.3, -0.25) is 9.59 Å². The van der Waals surface area contributed by atoms with Crippen molar-refractivity contribution in [2.45, 2.75) is 32.4 Å². The van der Waals surface area contributed by atoms with Crippen molar-refractivity contribution in [1.29, 1.82) is 0 Å². The van der Waals surface area contributed by atoms with Crippen LogP contribution in [0.4, 0.5) is 0 Å². The zero-order valence-corrected chi connectivity index (χ0v) is 12.7. The molecular weight excluding hydrogens is 276 g/mol. The number of aromatic nitrogens is 1. The first-order valence-corrected chi connectivity index (χ1v) is 7.69. The third-order valence-electron chi connectivity index (χ3n) is 4.32. The number of hydrogen-bond acceptors (Lipinski definition) is 2. The number of rotatable bonds is 4. The lowest BCUT2D eigenvalue weighted by Gasteiger charge is -2.35. The lowest BCUT2D eigenvalue weighted by atomic mass is 10.1. The van der Waals surface area contributed by atoms with Crippen molar-refractivity contribution in [3.63, 3.8) is 0 Å². The van der Waals surface area contributed by atoms with Crippen LogP contribution in [-0.2, 0) is 11.3 Å². The maximum atomic E-state index is 12.4. The van der Waals surface area contributed by atoms with Crippen molar-refractivity contribution >= 4 is 11.7 Å². The predicted molar refractivity (Wildman–Crippen MR) is 84.6 cm³/mol. The van der Waals surface area contributed by atoms with Crippen molar-refractivity contribution in [1.82, 2.24) is 9.47 Å². The Bertz CT molecular complexity index is 675. The van der Waals surface area contributed by atoms with Gasteiger partial charge in [-0.05, 0) is 19.1 Å². The number of carbonyl (C=O) groups is 2. The Balaban J connectivity index is 1.60. The van der Waals surface area contributed by atoms with Crippen LogP contribution >= 0.6 is 0 Å². The van der Waals surface area contributed by atoms with E-state index in [4.69, 9.17) is 0 Å². The van der Waals surface area contributed by atoms with Gasteiger partial charge in [0.05, 0.1) is 6.04 Å². The van der Waals surface area contributed by atoms with Gasteiger partial charge in [-0.25, -0.2) is 0 Å². The van der Waals surface area contributed by atoms with Gasteiger partial charge in [0.2, 0.25) is 5.91 Å². The maximum Gasteiger partial charge on any atom is 0.223 e. The van der Waals surface area contributed by atoms with E-state index in [0.29, 0.717) is 12.1 Å². The van der Waals surface area contributed by atoms with Gasteiger partial charge >= 0.3 is 0 Å². The molecule has 4 heteroatoms. The average Bonchev–Trinajstić information content (AvgIpc) is 3.03. The van der Waals surface area contributed by atoms with Gasteiger partial charge in [-0.15, -0.1) is 0 Å². The fraction of sp³-hybridized carbons (Fsp3) is 0.333. The van der Waals surface area contributed by atoms with Crippen molar-refractivity contribution in [3.8, 4) is 0 Å². The molecule has 0 aliphatic carbocycles. The monoisotopic (exact) mass is 296 g/mol. The van der Waals surface area contributed by atoms with Gasteiger partial charge in [-0.2, -0.15) is 0 Å². The molecule has 1 aliphatic rings. The van der Waals surface area contributed by atoms with Crippen LogP contribution in [0.2, 0.25) is 0 Å². The van der Waals surface area contributed by atoms with Crippen LogP contribution < -0.4 is 0 Å². The summed E-state index contributed by atoms with van der Waals surface area (Å²) in [6, 6.07) is 13.3. The molecule has 1 aromatic carbocycles. The summed E-state index contributed by atoms with van der Waals surface area (Å²) in [5.41, 5.74) is 1.84. The minimum absolute atomic E-state index is 0.0296. The highest BCUT2D eigenvalue weighted by Gasteiger charge is 2.27. The lowest BCUT2D eigenvalue weighted by Crippen LogP contribution is -2.40. The van der Waals surface area contributed by atoms with Gasteiger partial charge in [-0.1, -0.05) is 30.3 Å². The van der Waals surface area contributed by atoms with Crippen LogP contribution in [0.5, 0.6) is 0 Å². The van der Waals surface area contributed by atoms with Gasteiger partial charge in [0.15, 0.2) is 5.78 Å². The predicted octanol–water partition coefficient (Wildman–Crippen LogP) is 3.05. The number of nitrogens with zero attached hydrogens (tertiary/aromatic N) is 2. The number of carbonyl (C=O) groups excluding carboxylic acids is 2. The van der Waals surface area contributed by atoms with Crippen molar-refractivity contribution < 1.29 is 9.59 Å². The molecule has 1 unspecified atom stereocenters. The van der Waals surface area contributed by atoms with E-state index in [0.717, 1.165) is 12.2 Å². The summed E-state index contributed by atoms with van der Waals surface area (Å²) >= 11 is 0. The molecule has 0 saturated heterocycles. The quantitative estimate of drug-likeness (QED) is 0.814. The van der Waals surface area contributed by atoms with Crippen LogP contribution in [0, 0.1) is 0 Å². The summed E-state index contributed by atoms with van der Waals surface area (Å²) in [7, 11) is 0. The summed E-state index contributed by atoms with van der Waals surface area (Å²) in [6.45, 7) is 3.58. The summed E-state index contributed by atoms with van der Waals surface area (Å²) in [4.78, 5) is 26.4. The number of Topliss-reactive ketones (excluding diaryl/α,β-unsaturated/α-hetero) is 1. The molecule has 0 saturated carbocycles. The van der Waals surface area contributed by atoms with E-state index in [2.05, 4.69) is 10.6 Å². The summed E-state index contributed by atoms with van der Waals surface area (Å²) < 4.78 is 2.18. The van der Waals surface area contributed by atoms with E-state index in [9.17, 15) is 9.59 Å². The Labute approximate surface area is 130 Å². The number of hydrogen-bond donors (Lipinski definition) is 0. The van der Waals surface area contributed by atoms with Crippen molar-refractivity contribution in [3.05, 3.63) is 59.9 Å². The standard InChI is InChI=1S/C18H20N2O2/c1-14-16-8-5-11-19(16)12-13-20(14)18(22)10-9-17(21)15-6-3-2-4-7-15/h2-8,11,14H,9-10,12-13H2,1H3. The van der Waals surface area contributed by atoms with Gasteiger partial charge in [0.25, 0.3) is 0 Å². The molecule has 1 atom stereocenters. The molecule has 0 N–H and O–H groups in total. The van der Waals surface area contributed by atoms with Crippen LogP contribution in [0.3, 0.4) is 0 Å². The molecule has 0 fully saturated rings. The highest BCUT2D eigenvalue weighted by atomic mass is 16.2. The van der Waals surface area contributed by atoms with E-state index < -0.39 is 0 Å². The highest BCUT2D eigenvalue weighted by Crippen LogP contribution is 2.26. The fourth-order valence-electron chi connectivity index (χ4n) is 3.05. The second-order valence-electron chi connectivity index (χ2n) is 5.68. The summed E-state index contributed by atoms with van der Waals surface area (Å²) in [5.74, 6) is 0.0891. The molecule has 0 spiro atoms. The minimum Gasteiger partial charge on any atom is -0.348 e. The zero-order chi connectivity index (χ0) is 15.5. The Hall–Kier alpha value is -2.36. The first-order valence-electron chi connectivity index (χ1n) is 7.69. The Morgan fingerprint density at radius 1 is 1.05 bits per heavy atom. The molecule has 3 rings (SSSR count). The molecule has 1 aromatic heterocycles. The van der Waals surface area contributed by atoms with Gasteiger partial charge < -0.3 is 9.47 Å². The minimum atomic E-state index is 0.0296. The van der Waals surface area contributed by atoms with E-state index >= 15 is 0 Å². The molecule has 2 aromatic rings. The molecule has 1 amide bonds. The van der Waals surface area contributed by atoms with Crippen LogP contribution in [-0.4, -0.2) is 27.7 Å². The van der Waals surface area contributed by atoms with Crippen LogP contribution in [0.1, 0.15) is 41.9 Å². The first-order chi connectivity index (χ1) is 10.7. The number of benzene rings is 1. The third kappa shape index (κ3) is 2.82. The molecule has 114 valence electrons. The SMILES string of the molecule is CC1c2cccn2CCN1C(=O)CCC(=O)c1ccccc1.